The van der Waals surface area contributed by atoms with Crippen molar-refractivity contribution >= 4 is 50.2 Å². The van der Waals surface area contributed by atoms with E-state index in [4.69, 9.17) is 11.6 Å². The van der Waals surface area contributed by atoms with Crippen LogP contribution in [0.15, 0.2) is 28.5 Å². The molecule has 5 nitrogen and oxygen atoms in total. The van der Waals surface area contributed by atoms with Crippen molar-refractivity contribution in [3.63, 3.8) is 0 Å². The summed E-state index contributed by atoms with van der Waals surface area (Å²) in [4.78, 5) is 15.8. The van der Waals surface area contributed by atoms with Crippen LogP contribution in [0.2, 0.25) is 4.34 Å². The lowest BCUT2D eigenvalue weighted by atomic mass is 10.3. The summed E-state index contributed by atoms with van der Waals surface area (Å²) in [6.45, 7) is 1.67. The minimum atomic E-state index is -3.41. The first-order valence-corrected chi connectivity index (χ1v) is 11.4. The van der Waals surface area contributed by atoms with Gasteiger partial charge in [0.15, 0.2) is 0 Å². The summed E-state index contributed by atoms with van der Waals surface area (Å²) >= 11 is 8.55. The van der Waals surface area contributed by atoms with Gasteiger partial charge in [0.05, 0.1) is 17.3 Å². The number of carbonyl (C=O) groups excluding carboxylic acids is 1. The Kier molecular flexibility index (Phi) is 5.85. The second-order valence-electron chi connectivity index (χ2n) is 5.96. The molecule has 136 valence electrons. The smallest absolute Gasteiger partial charge is 0.252 e. The van der Waals surface area contributed by atoms with Crippen molar-refractivity contribution in [1.82, 2.24) is 9.21 Å². The molecule has 0 aliphatic carbocycles. The van der Waals surface area contributed by atoms with Gasteiger partial charge < -0.3 is 4.90 Å². The van der Waals surface area contributed by atoms with E-state index in [-0.39, 0.29) is 12.3 Å². The lowest BCUT2D eigenvalue weighted by molar-refractivity contribution is -0.129. The van der Waals surface area contributed by atoms with Crippen LogP contribution in [0.4, 0.5) is 0 Å². The van der Waals surface area contributed by atoms with Crippen molar-refractivity contribution in [1.29, 1.82) is 0 Å². The maximum absolute atomic E-state index is 12.5. The second kappa shape index (κ2) is 7.75. The molecular formula is C16H19ClN2O3S3. The third-order valence-corrected chi connectivity index (χ3v) is 8.74. The average Bonchev–Trinajstić information content (AvgIpc) is 3.28. The molecule has 3 heterocycles. The van der Waals surface area contributed by atoms with Gasteiger partial charge in [-0.1, -0.05) is 11.6 Å². The molecule has 1 saturated heterocycles. The Hall–Kier alpha value is -0.930. The molecule has 0 radical (unpaired) electrons. The highest BCUT2D eigenvalue weighted by Crippen LogP contribution is 2.28. The zero-order chi connectivity index (χ0) is 18.0. The van der Waals surface area contributed by atoms with Crippen molar-refractivity contribution in [2.45, 2.75) is 30.0 Å². The highest BCUT2D eigenvalue weighted by atomic mass is 35.5. The minimum absolute atomic E-state index is 0.0449. The lowest BCUT2D eigenvalue weighted by Crippen LogP contribution is -2.27. The van der Waals surface area contributed by atoms with E-state index in [9.17, 15) is 13.2 Å². The van der Waals surface area contributed by atoms with E-state index in [1.54, 1.807) is 24.1 Å². The van der Waals surface area contributed by atoms with E-state index >= 15 is 0 Å². The molecule has 0 bridgehead atoms. The highest BCUT2D eigenvalue weighted by Gasteiger charge is 2.28. The normalized spacial score (nSPS) is 15.6. The van der Waals surface area contributed by atoms with Crippen molar-refractivity contribution in [2.24, 2.45) is 0 Å². The Morgan fingerprint density at radius 2 is 1.84 bits per heavy atom. The molecule has 1 aliphatic heterocycles. The van der Waals surface area contributed by atoms with Gasteiger partial charge in [-0.3, -0.25) is 4.79 Å². The fourth-order valence-corrected chi connectivity index (χ4v) is 6.85. The van der Waals surface area contributed by atoms with Crippen molar-refractivity contribution in [2.75, 3.05) is 20.1 Å². The molecule has 0 saturated carbocycles. The number of rotatable bonds is 6. The zero-order valence-electron chi connectivity index (χ0n) is 13.8. The number of thiophene rings is 2. The Balaban J connectivity index is 1.63. The molecule has 2 aromatic rings. The Morgan fingerprint density at radius 3 is 2.48 bits per heavy atom. The summed E-state index contributed by atoms with van der Waals surface area (Å²) in [6, 6.07) is 7.07. The van der Waals surface area contributed by atoms with Crippen molar-refractivity contribution in [3.8, 4) is 0 Å². The van der Waals surface area contributed by atoms with Gasteiger partial charge in [0.1, 0.15) is 4.21 Å². The van der Waals surface area contributed by atoms with Gasteiger partial charge in [-0.15, -0.1) is 22.7 Å². The van der Waals surface area contributed by atoms with Gasteiger partial charge in [-0.2, -0.15) is 4.31 Å². The van der Waals surface area contributed by atoms with Crippen LogP contribution in [0.1, 0.15) is 22.6 Å². The molecule has 1 fully saturated rings. The number of likely N-dealkylation sites (N-methyl/N-ethyl adjacent to an activating group) is 1. The molecule has 25 heavy (non-hydrogen) atoms. The minimum Gasteiger partial charge on any atom is -0.340 e. The maximum atomic E-state index is 12.5. The fourth-order valence-electron chi connectivity index (χ4n) is 2.69. The Labute approximate surface area is 160 Å². The number of amides is 1. The van der Waals surface area contributed by atoms with E-state index in [0.29, 0.717) is 28.2 Å². The summed E-state index contributed by atoms with van der Waals surface area (Å²) in [5, 5.41) is 0. The summed E-state index contributed by atoms with van der Waals surface area (Å²) in [6.07, 6.45) is 2.02. The van der Waals surface area contributed by atoms with Gasteiger partial charge in [0, 0.05) is 29.9 Å². The quantitative estimate of drug-likeness (QED) is 0.721. The molecule has 2 aromatic heterocycles. The van der Waals surface area contributed by atoms with E-state index in [2.05, 4.69) is 0 Å². The van der Waals surface area contributed by atoms with E-state index < -0.39 is 10.0 Å². The van der Waals surface area contributed by atoms with E-state index in [0.717, 1.165) is 22.6 Å². The third kappa shape index (κ3) is 4.43. The SMILES string of the molecule is CN(Cc1ccc(Cl)s1)C(=O)Cc1ccc(S(=O)(=O)N2CCCC2)s1. The number of nitrogens with zero attached hydrogens (tertiary/aromatic N) is 2. The van der Waals surface area contributed by atoms with Crippen LogP contribution in [0.5, 0.6) is 0 Å². The highest BCUT2D eigenvalue weighted by molar-refractivity contribution is 7.91. The van der Waals surface area contributed by atoms with Crippen LogP contribution in [-0.2, 0) is 27.8 Å². The summed E-state index contributed by atoms with van der Waals surface area (Å²) in [7, 11) is -1.66. The van der Waals surface area contributed by atoms with Crippen LogP contribution in [-0.4, -0.2) is 43.7 Å². The predicted molar refractivity (Wildman–Crippen MR) is 102 cm³/mol. The molecule has 0 atom stereocenters. The monoisotopic (exact) mass is 418 g/mol. The third-order valence-electron chi connectivity index (χ3n) is 4.07. The first-order valence-electron chi connectivity index (χ1n) is 7.93. The first kappa shape index (κ1) is 18.8. The number of hydrogen-bond acceptors (Lipinski definition) is 5. The fraction of sp³-hybridized carbons (Fsp3) is 0.438. The number of halogens is 1. The van der Waals surface area contributed by atoms with Crippen LogP contribution < -0.4 is 0 Å². The van der Waals surface area contributed by atoms with Crippen molar-refractivity contribution in [3.05, 3.63) is 38.4 Å². The first-order chi connectivity index (χ1) is 11.9. The average molecular weight is 419 g/mol. The van der Waals surface area contributed by atoms with Crippen molar-refractivity contribution < 1.29 is 13.2 Å². The second-order valence-corrected chi connectivity index (χ2v) is 11.1. The Bertz CT molecular complexity index is 854. The molecule has 0 unspecified atom stereocenters. The van der Waals surface area contributed by atoms with E-state index in [1.807, 2.05) is 12.1 Å². The van der Waals surface area contributed by atoms with Gasteiger partial charge in [-0.25, -0.2) is 8.42 Å². The maximum Gasteiger partial charge on any atom is 0.252 e. The van der Waals surface area contributed by atoms with Gasteiger partial charge in [0.25, 0.3) is 10.0 Å². The molecule has 1 aliphatic rings. The van der Waals surface area contributed by atoms with Crippen LogP contribution in [0, 0.1) is 0 Å². The topological polar surface area (TPSA) is 57.7 Å². The predicted octanol–water partition coefficient (Wildman–Crippen LogP) is 3.45. The molecule has 0 N–H and O–H groups in total. The number of carbonyl (C=O) groups is 1. The standard InChI is InChI=1S/C16H19ClN2O3S3/c1-18(11-13-4-6-14(17)23-13)15(20)10-12-5-7-16(24-12)25(21,22)19-8-2-3-9-19/h4-7H,2-3,8-11H2,1H3. The molecule has 0 spiro atoms. The molecule has 3 rings (SSSR count). The lowest BCUT2D eigenvalue weighted by Gasteiger charge is -2.15. The molecule has 9 heteroatoms. The number of hydrogen-bond donors (Lipinski definition) is 0. The van der Waals surface area contributed by atoms with Crippen LogP contribution in [0.25, 0.3) is 0 Å². The Morgan fingerprint density at radius 1 is 1.16 bits per heavy atom. The van der Waals surface area contributed by atoms with Gasteiger partial charge in [0.2, 0.25) is 5.91 Å². The molecule has 0 aromatic carbocycles. The largest absolute Gasteiger partial charge is 0.340 e. The van der Waals surface area contributed by atoms with E-state index in [1.165, 1.54) is 27.0 Å². The molecule has 1 amide bonds. The summed E-state index contributed by atoms with van der Waals surface area (Å²) < 4.78 is 27.6. The summed E-state index contributed by atoms with van der Waals surface area (Å²) in [5.41, 5.74) is 0. The van der Waals surface area contributed by atoms with Gasteiger partial charge >= 0.3 is 0 Å². The van der Waals surface area contributed by atoms with Crippen LogP contribution >= 0.6 is 34.3 Å². The summed E-state index contributed by atoms with van der Waals surface area (Å²) in [5.74, 6) is -0.0449. The zero-order valence-corrected chi connectivity index (χ0v) is 17.0. The van der Waals surface area contributed by atoms with Crippen LogP contribution in [0.3, 0.4) is 0 Å². The number of sulfonamides is 1. The van der Waals surface area contributed by atoms with Gasteiger partial charge in [-0.05, 0) is 37.1 Å². The molecular weight excluding hydrogens is 400 g/mol.